The first kappa shape index (κ1) is 13.6. The van der Waals surface area contributed by atoms with Crippen LogP contribution in [0.2, 0.25) is 0 Å². The molecule has 0 spiro atoms. The average molecular weight is 260 g/mol. The average Bonchev–Trinajstić information content (AvgIpc) is 2.33. The number of hydrogen-bond acceptors (Lipinski definition) is 2. The quantitative estimate of drug-likeness (QED) is 0.819. The van der Waals surface area contributed by atoms with Crippen molar-refractivity contribution >= 4 is 11.6 Å². The van der Waals surface area contributed by atoms with E-state index in [-0.39, 0.29) is 12.5 Å². The van der Waals surface area contributed by atoms with Crippen molar-refractivity contribution in [3.8, 4) is 11.8 Å². The Morgan fingerprint density at radius 3 is 2.84 bits per heavy atom. The Kier molecular flexibility index (Phi) is 4.53. The predicted molar refractivity (Wildman–Crippen MR) is 72.9 cm³/mol. The Hall–Kier alpha value is -1.86. The summed E-state index contributed by atoms with van der Waals surface area (Å²) in [5.41, 5.74) is 6.00. The first-order valence-corrected chi connectivity index (χ1v) is 6.47. The second-order valence-corrected chi connectivity index (χ2v) is 4.75. The number of carbonyl (C=O) groups excluding carboxylic acids is 1. The normalized spacial score (nSPS) is 14.2. The van der Waals surface area contributed by atoms with Crippen LogP contribution in [-0.4, -0.2) is 12.5 Å². The highest BCUT2D eigenvalue weighted by Gasteiger charge is 2.20. The van der Waals surface area contributed by atoms with Crippen LogP contribution in [0.3, 0.4) is 0 Å². The lowest BCUT2D eigenvalue weighted by Crippen LogP contribution is -2.20. The van der Waals surface area contributed by atoms with Crippen molar-refractivity contribution in [2.45, 2.75) is 25.7 Å². The van der Waals surface area contributed by atoms with Crippen LogP contribution in [-0.2, 0) is 4.79 Å². The minimum Gasteiger partial charge on any atom is -0.326 e. The summed E-state index contributed by atoms with van der Waals surface area (Å²) in [6.45, 7) is 0.194. The fourth-order valence-corrected chi connectivity index (χ4v) is 2.01. The molecule has 1 aliphatic carbocycles. The highest BCUT2D eigenvalue weighted by atomic mass is 19.1. The van der Waals surface area contributed by atoms with Gasteiger partial charge in [-0.25, -0.2) is 4.39 Å². The van der Waals surface area contributed by atoms with E-state index < -0.39 is 5.82 Å². The van der Waals surface area contributed by atoms with Gasteiger partial charge in [0.15, 0.2) is 0 Å². The van der Waals surface area contributed by atoms with Crippen molar-refractivity contribution in [2.75, 3.05) is 11.9 Å². The van der Waals surface area contributed by atoms with Crippen molar-refractivity contribution < 1.29 is 9.18 Å². The number of nitrogens with two attached hydrogens (primary N) is 1. The van der Waals surface area contributed by atoms with E-state index in [1.807, 2.05) is 0 Å². The van der Waals surface area contributed by atoms with Crippen molar-refractivity contribution in [1.82, 2.24) is 0 Å². The largest absolute Gasteiger partial charge is 0.326 e. The van der Waals surface area contributed by atoms with Crippen LogP contribution >= 0.6 is 0 Å². The maximum Gasteiger partial charge on any atom is 0.224 e. The Morgan fingerprint density at radius 1 is 1.47 bits per heavy atom. The number of anilines is 1. The molecule has 3 nitrogen and oxygen atoms in total. The number of amides is 1. The van der Waals surface area contributed by atoms with Crippen molar-refractivity contribution in [2.24, 2.45) is 11.7 Å². The molecule has 19 heavy (non-hydrogen) atoms. The molecule has 1 amide bonds. The molecule has 1 aromatic rings. The fraction of sp³-hybridized carbons (Fsp3) is 0.400. The van der Waals surface area contributed by atoms with E-state index in [9.17, 15) is 9.18 Å². The predicted octanol–water partition coefficient (Wildman–Crippen LogP) is 2.26. The third kappa shape index (κ3) is 3.80. The van der Waals surface area contributed by atoms with E-state index in [4.69, 9.17) is 5.73 Å². The van der Waals surface area contributed by atoms with Gasteiger partial charge in [0.1, 0.15) is 5.82 Å². The van der Waals surface area contributed by atoms with Gasteiger partial charge in [-0.2, -0.15) is 0 Å². The third-order valence-corrected chi connectivity index (χ3v) is 3.28. The molecule has 100 valence electrons. The van der Waals surface area contributed by atoms with Gasteiger partial charge in [0, 0.05) is 12.1 Å². The number of halogens is 1. The Labute approximate surface area is 112 Å². The molecule has 3 N–H and O–H groups in total. The van der Waals surface area contributed by atoms with E-state index >= 15 is 0 Å². The summed E-state index contributed by atoms with van der Waals surface area (Å²) in [7, 11) is 0. The third-order valence-electron chi connectivity index (χ3n) is 3.28. The van der Waals surface area contributed by atoms with Crippen LogP contribution in [0.4, 0.5) is 10.1 Å². The van der Waals surface area contributed by atoms with Gasteiger partial charge in [0.05, 0.1) is 12.1 Å². The summed E-state index contributed by atoms with van der Waals surface area (Å²) < 4.78 is 13.7. The molecule has 0 radical (unpaired) electrons. The maximum atomic E-state index is 13.7. The number of hydrogen-bond donors (Lipinski definition) is 2. The molecule has 0 atom stereocenters. The summed E-state index contributed by atoms with van der Waals surface area (Å²) in [4.78, 5) is 11.7. The van der Waals surface area contributed by atoms with Crippen molar-refractivity contribution in [3.05, 3.63) is 29.6 Å². The van der Waals surface area contributed by atoms with Gasteiger partial charge in [-0.3, -0.25) is 4.79 Å². The van der Waals surface area contributed by atoms with E-state index in [0.29, 0.717) is 23.6 Å². The Morgan fingerprint density at radius 2 is 2.26 bits per heavy atom. The van der Waals surface area contributed by atoms with E-state index in [1.165, 1.54) is 12.5 Å². The summed E-state index contributed by atoms with van der Waals surface area (Å²) >= 11 is 0. The zero-order valence-corrected chi connectivity index (χ0v) is 10.7. The van der Waals surface area contributed by atoms with Gasteiger partial charge in [0.25, 0.3) is 0 Å². The number of carbonyl (C=O) groups is 1. The first-order valence-electron chi connectivity index (χ1n) is 6.47. The minimum atomic E-state index is -0.442. The SMILES string of the molecule is NCC#Cc1ccc(NC(=O)CC2CCC2)cc1F. The molecule has 1 fully saturated rings. The molecule has 4 heteroatoms. The monoisotopic (exact) mass is 260 g/mol. The van der Waals surface area contributed by atoms with Gasteiger partial charge in [-0.15, -0.1) is 0 Å². The molecule has 1 aliphatic rings. The molecule has 1 saturated carbocycles. The number of nitrogens with one attached hydrogen (secondary N) is 1. The minimum absolute atomic E-state index is 0.0510. The van der Waals surface area contributed by atoms with E-state index in [1.54, 1.807) is 12.1 Å². The van der Waals surface area contributed by atoms with Gasteiger partial charge in [-0.1, -0.05) is 18.3 Å². The van der Waals surface area contributed by atoms with Crippen LogP contribution in [0.5, 0.6) is 0 Å². The molecular formula is C15H17FN2O. The molecule has 1 aromatic carbocycles. The zero-order chi connectivity index (χ0) is 13.7. The highest BCUT2D eigenvalue weighted by Crippen LogP contribution is 2.29. The molecule has 0 heterocycles. The lowest BCUT2D eigenvalue weighted by molar-refractivity contribution is -0.117. The Bertz CT molecular complexity index is 527. The molecular weight excluding hydrogens is 243 g/mol. The van der Waals surface area contributed by atoms with Gasteiger partial charge < -0.3 is 11.1 Å². The van der Waals surface area contributed by atoms with E-state index in [2.05, 4.69) is 17.2 Å². The standard InChI is InChI=1S/C15H17FN2O/c16-14-10-13(7-6-12(14)5-2-8-17)18-15(19)9-11-3-1-4-11/h6-7,10-11H,1,3-4,8-9,17H2,(H,18,19). The molecule has 0 bridgehead atoms. The first-order chi connectivity index (χ1) is 9.19. The highest BCUT2D eigenvalue weighted by molar-refractivity contribution is 5.90. The van der Waals surface area contributed by atoms with Crippen LogP contribution in [0, 0.1) is 23.6 Å². The summed E-state index contributed by atoms with van der Waals surface area (Å²) in [6, 6.07) is 4.50. The topological polar surface area (TPSA) is 55.1 Å². The molecule has 0 aromatic heterocycles. The number of rotatable bonds is 3. The van der Waals surface area contributed by atoms with Gasteiger partial charge >= 0.3 is 0 Å². The van der Waals surface area contributed by atoms with Crippen LogP contribution in [0.15, 0.2) is 18.2 Å². The summed E-state index contributed by atoms with van der Waals surface area (Å²) in [5, 5.41) is 2.71. The van der Waals surface area contributed by atoms with Crippen LogP contribution in [0.25, 0.3) is 0 Å². The molecule has 0 saturated heterocycles. The molecule has 2 rings (SSSR count). The smallest absolute Gasteiger partial charge is 0.224 e. The Balaban J connectivity index is 1.96. The summed E-state index contributed by atoms with van der Waals surface area (Å²) in [5.74, 6) is 5.24. The van der Waals surface area contributed by atoms with Gasteiger partial charge in [-0.05, 0) is 37.0 Å². The van der Waals surface area contributed by atoms with Gasteiger partial charge in [0.2, 0.25) is 5.91 Å². The second kappa shape index (κ2) is 6.35. The molecule has 0 aliphatic heterocycles. The summed E-state index contributed by atoms with van der Waals surface area (Å²) in [6.07, 6.45) is 3.97. The van der Waals surface area contributed by atoms with Crippen LogP contribution in [0.1, 0.15) is 31.2 Å². The lowest BCUT2D eigenvalue weighted by Gasteiger charge is -2.24. The maximum absolute atomic E-state index is 13.7. The fourth-order valence-electron chi connectivity index (χ4n) is 2.01. The van der Waals surface area contributed by atoms with Crippen LogP contribution < -0.4 is 11.1 Å². The van der Waals surface area contributed by atoms with E-state index in [0.717, 1.165) is 12.8 Å². The lowest BCUT2D eigenvalue weighted by atomic mass is 9.83. The number of benzene rings is 1. The second-order valence-electron chi connectivity index (χ2n) is 4.75. The molecule has 0 unspecified atom stereocenters. The van der Waals surface area contributed by atoms with Crippen molar-refractivity contribution in [1.29, 1.82) is 0 Å². The zero-order valence-electron chi connectivity index (χ0n) is 10.7. The van der Waals surface area contributed by atoms with Crippen molar-refractivity contribution in [3.63, 3.8) is 0 Å².